The van der Waals surface area contributed by atoms with Crippen LogP contribution in [-0.2, 0) is 11.3 Å². The summed E-state index contributed by atoms with van der Waals surface area (Å²) in [7, 11) is 0. The molecule has 1 saturated heterocycles. The third-order valence-corrected chi connectivity index (χ3v) is 5.03. The number of nitrogens with one attached hydrogen (secondary N) is 1. The number of benzene rings is 2. The van der Waals surface area contributed by atoms with Crippen LogP contribution in [0.4, 0.5) is 4.79 Å². The lowest BCUT2D eigenvalue weighted by Gasteiger charge is -2.36. The Morgan fingerprint density at radius 2 is 1.77 bits per heavy atom. The number of urea groups is 1. The van der Waals surface area contributed by atoms with E-state index in [2.05, 4.69) is 19.2 Å². The fourth-order valence-corrected chi connectivity index (χ4v) is 3.59. The Balaban J connectivity index is 1.58. The van der Waals surface area contributed by atoms with Gasteiger partial charge in [0.15, 0.2) is 0 Å². The van der Waals surface area contributed by atoms with Crippen molar-refractivity contribution in [1.82, 2.24) is 15.1 Å². The number of hydrogen-bond donors (Lipinski definition) is 1. The van der Waals surface area contributed by atoms with Crippen LogP contribution in [0.3, 0.4) is 0 Å². The molecule has 2 aromatic carbocycles. The van der Waals surface area contributed by atoms with Crippen molar-refractivity contribution in [1.29, 1.82) is 0 Å². The molecule has 0 saturated carbocycles. The Morgan fingerprint density at radius 1 is 1.10 bits per heavy atom. The zero-order valence-corrected chi connectivity index (χ0v) is 17.8. The molecule has 1 heterocycles. The van der Waals surface area contributed by atoms with Crippen LogP contribution in [0.2, 0.25) is 0 Å². The van der Waals surface area contributed by atoms with E-state index >= 15 is 0 Å². The van der Waals surface area contributed by atoms with E-state index in [9.17, 15) is 9.59 Å². The number of carbonyl (C=O) groups excluding carboxylic acids is 2. The Hall–Kier alpha value is -2.86. The van der Waals surface area contributed by atoms with Crippen molar-refractivity contribution < 1.29 is 14.3 Å². The van der Waals surface area contributed by atoms with Gasteiger partial charge in [0.05, 0.1) is 19.3 Å². The van der Waals surface area contributed by atoms with Crippen LogP contribution < -0.4 is 5.32 Å². The number of nitrogens with zero attached hydrogens (tertiary/aromatic N) is 2. The van der Waals surface area contributed by atoms with Crippen molar-refractivity contribution in [2.24, 2.45) is 5.92 Å². The first-order valence-electron chi connectivity index (χ1n) is 10.6. The minimum Gasteiger partial charge on any atom is -0.373 e. The molecule has 1 atom stereocenters. The van der Waals surface area contributed by atoms with Crippen molar-refractivity contribution in [2.75, 3.05) is 32.8 Å². The summed E-state index contributed by atoms with van der Waals surface area (Å²) in [4.78, 5) is 29.2. The molecule has 0 radical (unpaired) electrons. The molecule has 1 aliphatic rings. The van der Waals surface area contributed by atoms with Gasteiger partial charge < -0.3 is 19.9 Å². The normalized spacial score (nSPS) is 16.4. The second-order valence-electron chi connectivity index (χ2n) is 8.05. The van der Waals surface area contributed by atoms with Crippen molar-refractivity contribution >= 4 is 11.9 Å². The third-order valence-electron chi connectivity index (χ3n) is 5.03. The van der Waals surface area contributed by atoms with Gasteiger partial charge in [-0.2, -0.15) is 0 Å². The fraction of sp³-hybridized carbons (Fsp3) is 0.417. The smallest absolute Gasteiger partial charge is 0.317 e. The molecule has 3 amide bonds. The Morgan fingerprint density at radius 3 is 2.43 bits per heavy atom. The lowest BCUT2D eigenvalue weighted by molar-refractivity contribution is -0.0287. The van der Waals surface area contributed by atoms with Crippen LogP contribution in [0.25, 0.3) is 0 Å². The molecule has 1 aliphatic heterocycles. The molecule has 1 fully saturated rings. The maximum atomic E-state index is 13.0. The Labute approximate surface area is 178 Å². The predicted octanol–water partition coefficient (Wildman–Crippen LogP) is 3.40. The zero-order chi connectivity index (χ0) is 21.3. The molecule has 0 aliphatic carbocycles. The summed E-state index contributed by atoms with van der Waals surface area (Å²) in [5, 5.41) is 2.97. The molecule has 1 unspecified atom stereocenters. The van der Waals surface area contributed by atoms with Gasteiger partial charge in [-0.25, -0.2) is 4.79 Å². The van der Waals surface area contributed by atoms with Gasteiger partial charge in [0.25, 0.3) is 5.91 Å². The van der Waals surface area contributed by atoms with Gasteiger partial charge in [-0.1, -0.05) is 62.4 Å². The summed E-state index contributed by atoms with van der Waals surface area (Å²) in [6, 6.07) is 19.1. The predicted molar refractivity (Wildman–Crippen MR) is 117 cm³/mol. The molecule has 3 rings (SSSR count). The topological polar surface area (TPSA) is 61.9 Å². The molecule has 0 spiro atoms. The molecule has 2 aromatic rings. The first kappa shape index (κ1) is 21.8. The van der Waals surface area contributed by atoms with Crippen molar-refractivity contribution in [3.63, 3.8) is 0 Å². The summed E-state index contributed by atoms with van der Waals surface area (Å²) in [5.74, 6) is 0.338. The molecule has 0 aromatic heterocycles. The van der Waals surface area contributed by atoms with Gasteiger partial charge in [0, 0.05) is 31.7 Å². The van der Waals surface area contributed by atoms with Crippen LogP contribution in [0.5, 0.6) is 0 Å². The van der Waals surface area contributed by atoms with Gasteiger partial charge in [-0.05, 0) is 23.6 Å². The van der Waals surface area contributed by atoms with E-state index in [-0.39, 0.29) is 18.0 Å². The van der Waals surface area contributed by atoms with Gasteiger partial charge in [-0.15, -0.1) is 0 Å². The highest BCUT2D eigenvalue weighted by molar-refractivity contribution is 5.94. The summed E-state index contributed by atoms with van der Waals surface area (Å²) < 4.78 is 5.90. The van der Waals surface area contributed by atoms with Gasteiger partial charge in [0.1, 0.15) is 0 Å². The number of carbonyl (C=O) groups is 2. The summed E-state index contributed by atoms with van der Waals surface area (Å²) in [6.45, 7) is 7.28. The monoisotopic (exact) mass is 409 g/mol. The number of hydrogen-bond acceptors (Lipinski definition) is 3. The average molecular weight is 410 g/mol. The number of morpholine rings is 1. The van der Waals surface area contributed by atoms with E-state index < -0.39 is 0 Å². The summed E-state index contributed by atoms with van der Waals surface area (Å²) in [6.07, 6.45) is -0.201. The average Bonchev–Trinajstić information content (AvgIpc) is 2.77. The zero-order valence-electron chi connectivity index (χ0n) is 17.8. The van der Waals surface area contributed by atoms with E-state index in [4.69, 9.17) is 4.74 Å². The Bertz CT molecular complexity index is 811. The maximum Gasteiger partial charge on any atom is 0.317 e. The largest absolute Gasteiger partial charge is 0.373 e. The SMILES string of the molecule is CC(C)CN(CC1CN(C(=O)NCc2ccccc2)CCO1)C(=O)c1ccccc1. The molecule has 0 bridgehead atoms. The number of amides is 3. The Kier molecular flexibility index (Phi) is 7.85. The molecular weight excluding hydrogens is 378 g/mol. The highest BCUT2D eigenvalue weighted by Gasteiger charge is 2.28. The molecule has 160 valence electrons. The van der Waals surface area contributed by atoms with Crippen molar-refractivity contribution in [2.45, 2.75) is 26.5 Å². The van der Waals surface area contributed by atoms with E-state index in [0.717, 1.165) is 5.56 Å². The molecule has 1 N–H and O–H groups in total. The van der Waals surface area contributed by atoms with E-state index in [0.29, 0.717) is 50.8 Å². The quantitative estimate of drug-likeness (QED) is 0.762. The highest BCUT2D eigenvalue weighted by atomic mass is 16.5. The van der Waals surface area contributed by atoms with Crippen LogP contribution in [0.15, 0.2) is 60.7 Å². The molecule has 30 heavy (non-hydrogen) atoms. The lowest BCUT2D eigenvalue weighted by atomic mass is 10.1. The van der Waals surface area contributed by atoms with Crippen LogP contribution in [0.1, 0.15) is 29.8 Å². The van der Waals surface area contributed by atoms with Crippen LogP contribution >= 0.6 is 0 Å². The van der Waals surface area contributed by atoms with E-state index in [1.807, 2.05) is 65.6 Å². The van der Waals surface area contributed by atoms with Crippen LogP contribution in [0, 0.1) is 5.92 Å². The van der Waals surface area contributed by atoms with Crippen LogP contribution in [-0.4, -0.2) is 60.6 Å². The summed E-state index contributed by atoms with van der Waals surface area (Å²) in [5.41, 5.74) is 1.73. The van der Waals surface area contributed by atoms with Gasteiger partial charge in [-0.3, -0.25) is 4.79 Å². The third kappa shape index (κ3) is 6.32. The van der Waals surface area contributed by atoms with Gasteiger partial charge >= 0.3 is 6.03 Å². The lowest BCUT2D eigenvalue weighted by Crippen LogP contribution is -2.53. The maximum absolute atomic E-state index is 13.0. The molecule has 6 heteroatoms. The summed E-state index contributed by atoms with van der Waals surface area (Å²) >= 11 is 0. The minimum atomic E-state index is -0.201. The second-order valence-corrected chi connectivity index (χ2v) is 8.05. The highest BCUT2D eigenvalue weighted by Crippen LogP contribution is 2.13. The van der Waals surface area contributed by atoms with Crippen molar-refractivity contribution in [3.05, 3.63) is 71.8 Å². The fourth-order valence-electron chi connectivity index (χ4n) is 3.59. The first-order chi connectivity index (χ1) is 14.5. The van der Waals surface area contributed by atoms with Gasteiger partial charge in [0.2, 0.25) is 0 Å². The molecular formula is C24H31N3O3. The number of rotatable bonds is 7. The standard InChI is InChI=1S/C24H31N3O3/c1-19(2)16-27(23(28)21-11-7-4-8-12-21)18-22-17-26(13-14-30-22)24(29)25-15-20-9-5-3-6-10-20/h3-12,19,22H,13-18H2,1-2H3,(H,25,29). The number of ether oxygens (including phenoxy) is 1. The van der Waals surface area contributed by atoms with E-state index in [1.165, 1.54) is 0 Å². The van der Waals surface area contributed by atoms with E-state index in [1.54, 1.807) is 4.90 Å². The van der Waals surface area contributed by atoms with Crippen molar-refractivity contribution in [3.8, 4) is 0 Å². The second kappa shape index (κ2) is 10.8. The first-order valence-corrected chi connectivity index (χ1v) is 10.6. The molecule has 6 nitrogen and oxygen atoms in total. The minimum absolute atomic E-state index is 0.00134.